The van der Waals surface area contributed by atoms with Gasteiger partial charge in [-0.3, -0.25) is 4.79 Å². The minimum Gasteiger partial charge on any atom is -0.394 e. The van der Waals surface area contributed by atoms with Crippen LogP contribution in [0.2, 0.25) is 5.02 Å². The molecule has 7 heteroatoms. The van der Waals surface area contributed by atoms with E-state index in [9.17, 15) is 18.0 Å². The molecule has 2 aromatic rings. The van der Waals surface area contributed by atoms with E-state index in [2.05, 4.69) is 0 Å². The standard InChI is InChI=1S/C13H10ClF3N2O/c1-7-4-12(20)10(18)6-19(7)11-5-8(13(15,16)17)2-3-9(11)14/h2-6H,18H2,1H3. The maximum Gasteiger partial charge on any atom is 0.416 e. The molecule has 0 fully saturated rings. The fourth-order valence-electron chi connectivity index (χ4n) is 1.78. The van der Waals surface area contributed by atoms with Gasteiger partial charge in [0.25, 0.3) is 0 Å². The van der Waals surface area contributed by atoms with Crippen LogP contribution in [0.3, 0.4) is 0 Å². The molecule has 0 aliphatic carbocycles. The fourth-order valence-corrected chi connectivity index (χ4v) is 1.99. The molecule has 0 spiro atoms. The Bertz CT molecular complexity index is 723. The fraction of sp³-hybridized carbons (Fsp3) is 0.154. The summed E-state index contributed by atoms with van der Waals surface area (Å²) in [7, 11) is 0. The molecule has 106 valence electrons. The van der Waals surface area contributed by atoms with Crippen LogP contribution < -0.4 is 11.2 Å². The SMILES string of the molecule is Cc1cc(=O)c(N)cn1-c1cc(C(F)(F)F)ccc1Cl. The van der Waals surface area contributed by atoms with Crippen molar-refractivity contribution < 1.29 is 13.2 Å². The van der Waals surface area contributed by atoms with Crippen molar-refractivity contribution in [3.8, 4) is 5.69 Å². The van der Waals surface area contributed by atoms with E-state index in [4.69, 9.17) is 17.3 Å². The summed E-state index contributed by atoms with van der Waals surface area (Å²) in [5.74, 6) is 0. The lowest BCUT2D eigenvalue weighted by Gasteiger charge is -2.15. The highest BCUT2D eigenvalue weighted by molar-refractivity contribution is 6.32. The molecule has 0 unspecified atom stereocenters. The molecule has 0 amide bonds. The van der Waals surface area contributed by atoms with Gasteiger partial charge in [-0.1, -0.05) is 11.6 Å². The largest absolute Gasteiger partial charge is 0.416 e. The molecule has 0 bridgehead atoms. The molecule has 2 N–H and O–H groups in total. The first-order valence-corrected chi connectivity index (χ1v) is 5.94. The van der Waals surface area contributed by atoms with Gasteiger partial charge in [0.05, 0.1) is 22.0 Å². The van der Waals surface area contributed by atoms with Crippen LogP contribution in [0.1, 0.15) is 11.3 Å². The van der Waals surface area contributed by atoms with Crippen molar-refractivity contribution in [2.45, 2.75) is 13.1 Å². The summed E-state index contributed by atoms with van der Waals surface area (Å²) >= 11 is 5.94. The highest BCUT2D eigenvalue weighted by Crippen LogP contribution is 2.33. The topological polar surface area (TPSA) is 48.0 Å². The Kier molecular flexibility index (Phi) is 3.52. The van der Waals surface area contributed by atoms with Gasteiger partial charge < -0.3 is 10.3 Å². The van der Waals surface area contributed by atoms with Gasteiger partial charge in [-0.2, -0.15) is 13.2 Å². The number of benzene rings is 1. The summed E-state index contributed by atoms with van der Waals surface area (Å²) < 4.78 is 39.6. The number of aromatic nitrogens is 1. The number of rotatable bonds is 1. The molecule has 0 atom stereocenters. The summed E-state index contributed by atoms with van der Waals surface area (Å²) in [5, 5.41) is 0.129. The molecule has 2 rings (SSSR count). The van der Waals surface area contributed by atoms with E-state index in [1.54, 1.807) is 6.92 Å². The van der Waals surface area contributed by atoms with Crippen LogP contribution in [0.4, 0.5) is 18.9 Å². The maximum absolute atomic E-state index is 12.7. The van der Waals surface area contributed by atoms with Crippen molar-refractivity contribution >= 4 is 17.3 Å². The molecule has 0 aliphatic rings. The van der Waals surface area contributed by atoms with Gasteiger partial charge in [-0.15, -0.1) is 0 Å². The third-order valence-electron chi connectivity index (χ3n) is 2.81. The van der Waals surface area contributed by atoms with Gasteiger partial charge in [0.1, 0.15) is 0 Å². The first-order valence-electron chi connectivity index (χ1n) is 5.56. The van der Waals surface area contributed by atoms with Gasteiger partial charge in [0.2, 0.25) is 5.43 Å². The zero-order valence-electron chi connectivity index (χ0n) is 10.3. The van der Waals surface area contributed by atoms with Crippen molar-refractivity contribution in [3.05, 3.63) is 57.0 Å². The van der Waals surface area contributed by atoms with Crippen molar-refractivity contribution in [2.24, 2.45) is 0 Å². The molecular formula is C13H10ClF3N2O. The van der Waals surface area contributed by atoms with Gasteiger partial charge >= 0.3 is 6.18 Å². The van der Waals surface area contributed by atoms with Crippen LogP contribution in [-0.2, 0) is 6.18 Å². The van der Waals surface area contributed by atoms with Crippen molar-refractivity contribution in [2.75, 3.05) is 5.73 Å². The Labute approximate surface area is 117 Å². The Morgan fingerprint density at radius 3 is 2.50 bits per heavy atom. The summed E-state index contributed by atoms with van der Waals surface area (Å²) in [6, 6.07) is 4.21. The maximum atomic E-state index is 12.7. The zero-order chi connectivity index (χ0) is 15.1. The predicted molar refractivity (Wildman–Crippen MR) is 71.2 cm³/mol. The lowest BCUT2D eigenvalue weighted by molar-refractivity contribution is -0.137. The normalized spacial score (nSPS) is 11.7. The number of hydrogen-bond acceptors (Lipinski definition) is 2. The lowest BCUT2D eigenvalue weighted by Crippen LogP contribution is -2.14. The number of nitrogens with two attached hydrogens (primary N) is 1. The van der Waals surface area contributed by atoms with E-state index in [1.807, 2.05) is 0 Å². The second kappa shape index (κ2) is 4.86. The van der Waals surface area contributed by atoms with Crippen LogP contribution in [0.25, 0.3) is 5.69 Å². The molecule has 0 saturated heterocycles. The van der Waals surface area contributed by atoms with Crippen LogP contribution in [0.5, 0.6) is 0 Å². The van der Waals surface area contributed by atoms with Crippen molar-refractivity contribution in [1.82, 2.24) is 4.57 Å². The predicted octanol–water partition coefficient (Wildman–Crippen LogP) is 3.40. The molecule has 20 heavy (non-hydrogen) atoms. The van der Waals surface area contributed by atoms with E-state index in [0.29, 0.717) is 5.69 Å². The van der Waals surface area contributed by atoms with Gasteiger partial charge in [-0.25, -0.2) is 0 Å². The Morgan fingerprint density at radius 2 is 1.90 bits per heavy atom. The number of aryl methyl sites for hydroxylation is 1. The summed E-state index contributed by atoms with van der Waals surface area (Å²) in [6.45, 7) is 1.58. The molecular weight excluding hydrogens is 293 g/mol. The van der Waals surface area contributed by atoms with E-state index in [0.717, 1.165) is 18.2 Å². The molecule has 1 heterocycles. The molecule has 0 aliphatic heterocycles. The van der Waals surface area contributed by atoms with Crippen LogP contribution in [-0.4, -0.2) is 4.57 Å². The number of anilines is 1. The average Bonchev–Trinajstić information content (AvgIpc) is 2.33. The molecule has 0 radical (unpaired) electrons. The van der Waals surface area contributed by atoms with Gasteiger partial charge in [0.15, 0.2) is 0 Å². The monoisotopic (exact) mass is 302 g/mol. The number of nitrogens with zero attached hydrogens (tertiary/aromatic N) is 1. The lowest BCUT2D eigenvalue weighted by atomic mass is 10.1. The van der Waals surface area contributed by atoms with Gasteiger partial charge in [-0.05, 0) is 25.1 Å². The second-order valence-electron chi connectivity index (χ2n) is 4.27. The average molecular weight is 303 g/mol. The quantitative estimate of drug-likeness (QED) is 0.877. The highest BCUT2D eigenvalue weighted by Gasteiger charge is 2.31. The van der Waals surface area contributed by atoms with Crippen LogP contribution in [0.15, 0.2) is 35.3 Å². The molecule has 1 aromatic carbocycles. The summed E-state index contributed by atoms with van der Waals surface area (Å²) in [6.07, 6.45) is -3.21. The van der Waals surface area contributed by atoms with E-state index in [1.165, 1.54) is 16.8 Å². The number of pyridine rings is 1. The molecule has 3 nitrogen and oxygen atoms in total. The van der Waals surface area contributed by atoms with Gasteiger partial charge in [0, 0.05) is 18.0 Å². The highest BCUT2D eigenvalue weighted by atomic mass is 35.5. The minimum atomic E-state index is -4.47. The minimum absolute atomic E-state index is 0.0657. The van der Waals surface area contributed by atoms with Crippen LogP contribution in [0, 0.1) is 6.92 Å². The first-order chi connectivity index (χ1) is 9.20. The van der Waals surface area contributed by atoms with Crippen molar-refractivity contribution in [1.29, 1.82) is 0 Å². The van der Waals surface area contributed by atoms with E-state index < -0.39 is 11.7 Å². The van der Waals surface area contributed by atoms with Crippen LogP contribution >= 0.6 is 11.6 Å². The Balaban J connectivity index is 2.69. The summed E-state index contributed by atoms with van der Waals surface area (Å²) in [5.41, 5.74) is 4.78. The van der Waals surface area contributed by atoms with Crippen molar-refractivity contribution in [3.63, 3.8) is 0 Å². The third kappa shape index (κ3) is 2.65. The smallest absolute Gasteiger partial charge is 0.394 e. The number of nitrogen functional groups attached to an aromatic ring is 1. The Morgan fingerprint density at radius 1 is 1.25 bits per heavy atom. The second-order valence-corrected chi connectivity index (χ2v) is 4.68. The number of hydrogen-bond donors (Lipinski definition) is 1. The summed E-state index contributed by atoms with van der Waals surface area (Å²) in [4.78, 5) is 11.4. The number of halogens is 4. The first kappa shape index (κ1) is 14.5. The van der Waals surface area contributed by atoms with E-state index >= 15 is 0 Å². The number of alkyl halides is 3. The third-order valence-corrected chi connectivity index (χ3v) is 3.13. The zero-order valence-corrected chi connectivity index (χ0v) is 11.1. The molecule has 1 aromatic heterocycles. The van der Waals surface area contributed by atoms with E-state index in [-0.39, 0.29) is 21.8 Å². The Hall–Kier alpha value is -1.95. The molecule has 0 saturated carbocycles.